The second kappa shape index (κ2) is 7.78. The highest BCUT2D eigenvalue weighted by atomic mass is 32.2. The van der Waals surface area contributed by atoms with Crippen LogP contribution in [-0.4, -0.2) is 12.8 Å². The molecule has 0 aliphatic rings. The van der Waals surface area contributed by atoms with E-state index in [1.165, 1.54) is 23.3 Å². The molecule has 1 aromatic carbocycles. The van der Waals surface area contributed by atoms with Gasteiger partial charge in [-0.25, -0.2) is 0 Å². The molecule has 0 heterocycles. The van der Waals surface area contributed by atoms with Gasteiger partial charge in [0.05, 0.1) is 0 Å². The highest BCUT2D eigenvalue weighted by Gasteiger charge is 2.12. The zero-order valence-corrected chi connectivity index (χ0v) is 12.3. The van der Waals surface area contributed by atoms with Gasteiger partial charge in [-0.05, 0) is 42.8 Å². The average Bonchev–Trinajstić information content (AvgIpc) is 2.37. The van der Waals surface area contributed by atoms with Gasteiger partial charge in [0.1, 0.15) is 0 Å². The minimum Gasteiger partial charge on any atom is -0.313 e. The predicted octanol–water partition coefficient (Wildman–Crippen LogP) is 4.50. The van der Waals surface area contributed by atoms with Gasteiger partial charge in [-0.1, -0.05) is 39.3 Å². The number of hydrogen-bond acceptors (Lipinski definition) is 2. The summed E-state index contributed by atoms with van der Waals surface area (Å²) in [5.41, 5.74) is 1.41. The molecule has 0 fully saturated rings. The molecule has 96 valence electrons. The third-order valence-electron chi connectivity index (χ3n) is 3.28. The number of rotatable bonds is 7. The van der Waals surface area contributed by atoms with Crippen LogP contribution in [0, 0.1) is 5.92 Å². The van der Waals surface area contributed by atoms with Gasteiger partial charge in [0, 0.05) is 10.9 Å². The van der Waals surface area contributed by atoms with Gasteiger partial charge >= 0.3 is 0 Å². The predicted molar refractivity (Wildman–Crippen MR) is 78.7 cm³/mol. The van der Waals surface area contributed by atoms with Gasteiger partial charge in [0.25, 0.3) is 0 Å². The molecular formula is C15H25NS. The molecule has 2 atom stereocenters. The molecule has 0 amide bonds. The summed E-state index contributed by atoms with van der Waals surface area (Å²) in [5.74, 6) is 1.92. The van der Waals surface area contributed by atoms with Crippen LogP contribution in [0.15, 0.2) is 29.2 Å². The molecule has 0 saturated heterocycles. The summed E-state index contributed by atoms with van der Waals surface area (Å²) in [6.07, 6.45) is 2.47. The fourth-order valence-corrected chi connectivity index (χ4v) is 2.61. The first-order valence-corrected chi connectivity index (χ1v) is 7.59. The van der Waals surface area contributed by atoms with Crippen molar-refractivity contribution in [3.63, 3.8) is 0 Å². The summed E-state index contributed by atoms with van der Waals surface area (Å²) in [7, 11) is 2.06. The van der Waals surface area contributed by atoms with E-state index in [0.717, 1.165) is 11.7 Å². The zero-order chi connectivity index (χ0) is 12.7. The maximum atomic E-state index is 3.43. The molecule has 0 bridgehead atoms. The highest BCUT2D eigenvalue weighted by molar-refractivity contribution is 7.99. The third kappa shape index (κ3) is 4.72. The van der Waals surface area contributed by atoms with Gasteiger partial charge in [-0.3, -0.25) is 0 Å². The van der Waals surface area contributed by atoms with Gasteiger partial charge in [-0.15, -0.1) is 11.8 Å². The molecule has 0 spiro atoms. The van der Waals surface area contributed by atoms with Crippen molar-refractivity contribution in [2.75, 3.05) is 12.8 Å². The van der Waals surface area contributed by atoms with Crippen molar-refractivity contribution in [3.05, 3.63) is 29.8 Å². The Labute approximate surface area is 110 Å². The van der Waals surface area contributed by atoms with Crippen LogP contribution >= 0.6 is 11.8 Å². The van der Waals surface area contributed by atoms with Crippen LogP contribution in [-0.2, 0) is 0 Å². The zero-order valence-electron chi connectivity index (χ0n) is 11.5. The average molecular weight is 251 g/mol. The molecule has 1 nitrogen and oxygen atoms in total. The van der Waals surface area contributed by atoms with Crippen LogP contribution in [0.25, 0.3) is 0 Å². The highest BCUT2D eigenvalue weighted by Crippen LogP contribution is 2.25. The molecule has 17 heavy (non-hydrogen) atoms. The topological polar surface area (TPSA) is 12.0 Å². The SMILES string of the molecule is CCSc1ccc(C(CC(C)CC)NC)cc1. The van der Waals surface area contributed by atoms with E-state index < -0.39 is 0 Å². The van der Waals surface area contributed by atoms with Gasteiger partial charge < -0.3 is 5.32 Å². The van der Waals surface area contributed by atoms with E-state index in [9.17, 15) is 0 Å². The standard InChI is InChI=1S/C15H25NS/c1-5-12(3)11-15(16-4)13-7-9-14(10-8-13)17-6-2/h7-10,12,15-16H,5-6,11H2,1-4H3. The number of benzene rings is 1. The van der Waals surface area contributed by atoms with Crippen molar-refractivity contribution >= 4 is 11.8 Å². The summed E-state index contributed by atoms with van der Waals surface area (Å²) in [4.78, 5) is 1.37. The van der Waals surface area contributed by atoms with Crippen LogP contribution in [0.5, 0.6) is 0 Å². The first-order chi connectivity index (χ1) is 8.21. The van der Waals surface area contributed by atoms with E-state index in [2.05, 4.69) is 57.4 Å². The molecule has 1 N–H and O–H groups in total. The third-order valence-corrected chi connectivity index (χ3v) is 4.17. The van der Waals surface area contributed by atoms with Crippen LogP contribution in [0.1, 0.15) is 45.2 Å². The van der Waals surface area contributed by atoms with Crippen molar-refractivity contribution < 1.29 is 0 Å². The molecular weight excluding hydrogens is 226 g/mol. The normalized spacial score (nSPS) is 14.6. The van der Waals surface area contributed by atoms with E-state index in [0.29, 0.717) is 6.04 Å². The first-order valence-electron chi connectivity index (χ1n) is 6.61. The van der Waals surface area contributed by atoms with E-state index in [4.69, 9.17) is 0 Å². The Morgan fingerprint density at radius 3 is 2.29 bits per heavy atom. The van der Waals surface area contributed by atoms with Gasteiger partial charge in [0.2, 0.25) is 0 Å². The van der Waals surface area contributed by atoms with E-state index in [1.807, 2.05) is 11.8 Å². The molecule has 0 aliphatic heterocycles. The Morgan fingerprint density at radius 1 is 1.18 bits per heavy atom. The maximum absolute atomic E-state index is 3.43. The van der Waals surface area contributed by atoms with Gasteiger partial charge in [0.15, 0.2) is 0 Å². The lowest BCUT2D eigenvalue weighted by atomic mass is 9.94. The Hall–Kier alpha value is -0.470. The van der Waals surface area contributed by atoms with Crippen LogP contribution < -0.4 is 5.32 Å². The quantitative estimate of drug-likeness (QED) is 0.716. The van der Waals surface area contributed by atoms with E-state index in [-0.39, 0.29) is 0 Å². The van der Waals surface area contributed by atoms with Crippen molar-refractivity contribution in [2.45, 2.75) is 44.6 Å². The Kier molecular flexibility index (Phi) is 6.68. The summed E-state index contributed by atoms with van der Waals surface area (Å²) >= 11 is 1.90. The largest absolute Gasteiger partial charge is 0.313 e. The smallest absolute Gasteiger partial charge is 0.0320 e. The summed E-state index contributed by atoms with van der Waals surface area (Å²) in [6, 6.07) is 9.50. The van der Waals surface area contributed by atoms with Crippen molar-refractivity contribution in [2.24, 2.45) is 5.92 Å². The lowest BCUT2D eigenvalue weighted by molar-refractivity contribution is 0.422. The molecule has 0 aromatic heterocycles. The second-order valence-corrected chi connectivity index (χ2v) is 5.93. The number of thioether (sulfide) groups is 1. The number of hydrogen-bond donors (Lipinski definition) is 1. The first kappa shape index (κ1) is 14.6. The monoisotopic (exact) mass is 251 g/mol. The molecule has 0 saturated carbocycles. The molecule has 0 radical (unpaired) electrons. The molecule has 1 rings (SSSR count). The van der Waals surface area contributed by atoms with Crippen LogP contribution in [0.3, 0.4) is 0 Å². The van der Waals surface area contributed by atoms with Crippen molar-refractivity contribution in [1.82, 2.24) is 5.32 Å². The van der Waals surface area contributed by atoms with E-state index >= 15 is 0 Å². The fourth-order valence-electron chi connectivity index (χ4n) is 1.95. The Morgan fingerprint density at radius 2 is 1.82 bits per heavy atom. The fraction of sp³-hybridized carbons (Fsp3) is 0.600. The van der Waals surface area contributed by atoms with Crippen LogP contribution in [0.4, 0.5) is 0 Å². The van der Waals surface area contributed by atoms with Crippen molar-refractivity contribution in [1.29, 1.82) is 0 Å². The lowest BCUT2D eigenvalue weighted by Gasteiger charge is -2.20. The van der Waals surface area contributed by atoms with Crippen LogP contribution in [0.2, 0.25) is 0 Å². The summed E-state index contributed by atoms with van der Waals surface area (Å²) in [5, 5.41) is 3.43. The molecule has 2 heteroatoms. The minimum atomic E-state index is 0.491. The maximum Gasteiger partial charge on any atom is 0.0320 e. The van der Waals surface area contributed by atoms with E-state index in [1.54, 1.807) is 0 Å². The molecule has 1 aromatic rings. The summed E-state index contributed by atoms with van der Waals surface area (Å²) in [6.45, 7) is 6.78. The second-order valence-electron chi connectivity index (χ2n) is 4.59. The molecule has 2 unspecified atom stereocenters. The number of nitrogens with one attached hydrogen (secondary N) is 1. The summed E-state index contributed by atoms with van der Waals surface area (Å²) < 4.78 is 0. The Bertz CT molecular complexity index is 307. The van der Waals surface area contributed by atoms with Gasteiger partial charge in [-0.2, -0.15) is 0 Å². The minimum absolute atomic E-state index is 0.491. The van der Waals surface area contributed by atoms with Crippen molar-refractivity contribution in [3.8, 4) is 0 Å². The Balaban J connectivity index is 2.68. The molecule has 0 aliphatic carbocycles. The lowest BCUT2D eigenvalue weighted by Crippen LogP contribution is -2.18.